The van der Waals surface area contributed by atoms with Gasteiger partial charge in [-0.3, -0.25) is 4.98 Å². The second kappa shape index (κ2) is 9.09. The molecule has 3 aromatic heterocycles. The first-order valence-electron chi connectivity index (χ1n) is 11.8. The Morgan fingerprint density at radius 3 is 2.56 bits per heavy atom. The second-order valence-corrected chi connectivity index (χ2v) is 8.99. The van der Waals surface area contributed by atoms with E-state index in [9.17, 15) is 8.78 Å². The Hall–Kier alpha value is -4.23. The highest BCUT2D eigenvalue weighted by Gasteiger charge is 2.29. The van der Waals surface area contributed by atoms with Gasteiger partial charge in [0.25, 0.3) is 0 Å². The average Bonchev–Trinajstić information content (AvgIpc) is 3.76. The van der Waals surface area contributed by atoms with E-state index in [4.69, 9.17) is 15.2 Å². The molecule has 180 valence electrons. The molecule has 4 aromatic rings. The summed E-state index contributed by atoms with van der Waals surface area (Å²) in [6, 6.07) is 7.11. The first-order valence-corrected chi connectivity index (χ1v) is 11.8. The highest BCUT2D eigenvalue weighted by Crippen LogP contribution is 2.44. The van der Waals surface area contributed by atoms with Crippen molar-refractivity contribution < 1.29 is 8.78 Å². The highest BCUT2D eigenvalue weighted by molar-refractivity contribution is 5.94. The minimum absolute atomic E-state index is 0.0959. The van der Waals surface area contributed by atoms with Crippen LogP contribution in [0.3, 0.4) is 0 Å². The Labute approximate surface area is 206 Å². The molecule has 1 saturated carbocycles. The number of benzene rings is 1. The van der Waals surface area contributed by atoms with E-state index in [-0.39, 0.29) is 17.1 Å². The zero-order valence-electron chi connectivity index (χ0n) is 19.3. The molecule has 4 heterocycles. The Kier molecular flexibility index (Phi) is 5.62. The Morgan fingerprint density at radius 2 is 1.83 bits per heavy atom. The lowest BCUT2D eigenvalue weighted by molar-refractivity contribution is 0.586. The number of hydrogen-bond donors (Lipinski definition) is 2. The molecule has 0 spiro atoms. The maximum absolute atomic E-state index is 14.4. The number of rotatable bonds is 5. The number of nitrogens with one attached hydrogen (secondary N) is 2. The number of anilines is 3. The molecule has 1 aromatic carbocycles. The predicted octanol–water partition coefficient (Wildman–Crippen LogP) is 4.27. The summed E-state index contributed by atoms with van der Waals surface area (Å²) in [6.45, 7) is 3.40. The van der Waals surface area contributed by atoms with Crippen LogP contribution in [0.2, 0.25) is 0 Å². The van der Waals surface area contributed by atoms with E-state index in [1.165, 1.54) is 11.8 Å². The van der Waals surface area contributed by atoms with Crippen molar-refractivity contribution in [2.75, 3.05) is 36.4 Å². The molecule has 2 aliphatic rings. The lowest BCUT2D eigenvalue weighted by atomic mass is 10.1. The zero-order valence-corrected chi connectivity index (χ0v) is 19.3. The van der Waals surface area contributed by atoms with Gasteiger partial charge in [-0.2, -0.15) is 5.26 Å². The van der Waals surface area contributed by atoms with Crippen molar-refractivity contribution in [1.82, 2.24) is 25.3 Å². The first kappa shape index (κ1) is 22.2. The summed E-state index contributed by atoms with van der Waals surface area (Å²) in [5.74, 6) is 0.340. The molecular weight excluding hydrogens is 462 g/mol. The van der Waals surface area contributed by atoms with E-state index in [0.717, 1.165) is 67.9 Å². The van der Waals surface area contributed by atoms with Crippen molar-refractivity contribution in [1.29, 1.82) is 5.26 Å². The fourth-order valence-corrected chi connectivity index (χ4v) is 4.55. The molecule has 36 heavy (non-hydrogen) atoms. The Bertz CT molecular complexity index is 1480. The Balaban J connectivity index is 1.42. The molecular formula is C26H22F2N8. The first-order chi connectivity index (χ1) is 17.6. The van der Waals surface area contributed by atoms with Gasteiger partial charge < -0.3 is 15.5 Å². The van der Waals surface area contributed by atoms with Crippen LogP contribution in [0.25, 0.3) is 22.3 Å². The number of halogens is 2. The van der Waals surface area contributed by atoms with E-state index in [1.54, 1.807) is 24.4 Å². The highest BCUT2D eigenvalue weighted by atomic mass is 19.1. The van der Waals surface area contributed by atoms with Crippen LogP contribution < -0.4 is 15.5 Å². The molecule has 0 bridgehead atoms. The summed E-state index contributed by atoms with van der Waals surface area (Å²) >= 11 is 0. The van der Waals surface area contributed by atoms with Crippen LogP contribution in [-0.4, -0.2) is 46.1 Å². The summed E-state index contributed by atoms with van der Waals surface area (Å²) in [6.07, 6.45) is 7.52. The number of piperazine rings is 1. The zero-order chi connectivity index (χ0) is 24.6. The monoisotopic (exact) mass is 484 g/mol. The van der Waals surface area contributed by atoms with Crippen LogP contribution in [0.15, 0.2) is 42.9 Å². The minimum Gasteiger partial charge on any atom is -0.353 e. The van der Waals surface area contributed by atoms with Crippen molar-refractivity contribution in [3.63, 3.8) is 0 Å². The molecule has 2 fully saturated rings. The summed E-state index contributed by atoms with van der Waals surface area (Å²) in [5.41, 5.74) is 2.14. The van der Waals surface area contributed by atoms with Crippen LogP contribution in [0.4, 0.5) is 26.1 Å². The molecule has 10 heteroatoms. The molecule has 1 aliphatic carbocycles. The van der Waals surface area contributed by atoms with Crippen molar-refractivity contribution in [2.24, 2.45) is 0 Å². The van der Waals surface area contributed by atoms with Gasteiger partial charge in [-0.05, 0) is 48.6 Å². The SMILES string of the molecule is N#Cc1cc(F)c(Nc2cc(-c3nc(N4CCNCC4)c4c(C5CC5)cncc4n3)ccn2)c(F)c1. The van der Waals surface area contributed by atoms with Crippen LogP contribution in [0.5, 0.6) is 0 Å². The predicted molar refractivity (Wildman–Crippen MR) is 132 cm³/mol. The second-order valence-electron chi connectivity index (χ2n) is 8.99. The number of nitrogens with zero attached hydrogens (tertiary/aromatic N) is 6. The van der Waals surface area contributed by atoms with E-state index in [2.05, 4.69) is 25.5 Å². The largest absolute Gasteiger partial charge is 0.353 e. The molecule has 8 nitrogen and oxygen atoms in total. The van der Waals surface area contributed by atoms with Crippen LogP contribution >= 0.6 is 0 Å². The quantitative estimate of drug-likeness (QED) is 0.433. The number of hydrogen-bond acceptors (Lipinski definition) is 8. The van der Waals surface area contributed by atoms with Gasteiger partial charge in [-0.1, -0.05) is 0 Å². The van der Waals surface area contributed by atoms with Gasteiger partial charge >= 0.3 is 0 Å². The molecule has 0 unspecified atom stereocenters. The van der Waals surface area contributed by atoms with Crippen molar-refractivity contribution in [3.8, 4) is 17.5 Å². The number of nitriles is 1. The third-order valence-corrected chi connectivity index (χ3v) is 6.49. The normalized spacial score (nSPS) is 15.6. The average molecular weight is 485 g/mol. The molecule has 1 aliphatic heterocycles. The number of pyridine rings is 2. The van der Waals surface area contributed by atoms with Crippen molar-refractivity contribution in [3.05, 3.63) is 65.6 Å². The molecule has 0 atom stereocenters. The topological polar surface area (TPSA) is 103 Å². The van der Waals surface area contributed by atoms with Crippen LogP contribution in [0.1, 0.15) is 29.9 Å². The van der Waals surface area contributed by atoms with Gasteiger partial charge in [0.1, 0.15) is 17.3 Å². The van der Waals surface area contributed by atoms with Crippen LogP contribution in [0, 0.1) is 23.0 Å². The fourth-order valence-electron chi connectivity index (χ4n) is 4.55. The van der Waals surface area contributed by atoms with Gasteiger partial charge in [-0.15, -0.1) is 0 Å². The number of aromatic nitrogens is 4. The molecule has 0 radical (unpaired) electrons. The molecule has 2 N–H and O–H groups in total. The van der Waals surface area contributed by atoms with Crippen LogP contribution in [-0.2, 0) is 0 Å². The van der Waals surface area contributed by atoms with E-state index < -0.39 is 11.6 Å². The lowest BCUT2D eigenvalue weighted by Crippen LogP contribution is -2.44. The standard InChI is InChI=1S/C26H22F2N8/c27-19-9-15(12-29)10-20(28)24(19)34-22-11-17(3-4-32-22)25-33-21-14-31-13-18(16-1-2-16)23(21)26(35-25)36-7-5-30-6-8-36/h3-4,9-11,13-14,16,30H,1-2,5-8H2,(H,32,34). The van der Waals surface area contributed by atoms with Gasteiger partial charge in [0.15, 0.2) is 17.5 Å². The third-order valence-electron chi connectivity index (χ3n) is 6.49. The van der Waals surface area contributed by atoms with Crippen molar-refractivity contribution in [2.45, 2.75) is 18.8 Å². The lowest BCUT2D eigenvalue weighted by Gasteiger charge is -2.30. The molecule has 6 rings (SSSR count). The summed E-state index contributed by atoms with van der Waals surface area (Å²) in [5, 5.41) is 16.1. The maximum atomic E-state index is 14.4. The molecule has 1 saturated heterocycles. The molecule has 0 amide bonds. The van der Waals surface area contributed by atoms with Gasteiger partial charge in [0, 0.05) is 49.5 Å². The smallest absolute Gasteiger partial charge is 0.162 e. The summed E-state index contributed by atoms with van der Waals surface area (Å²) < 4.78 is 28.8. The van der Waals surface area contributed by atoms with Gasteiger partial charge in [0.05, 0.1) is 23.3 Å². The summed E-state index contributed by atoms with van der Waals surface area (Å²) in [4.78, 5) is 20.7. The van der Waals surface area contributed by atoms with E-state index in [0.29, 0.717) is 17.3 Å². The minimum atomic E-state index is -0.875. The fraction of sp³-hybridized carbons (Fsp3) is 0.269. The third kappa shape index (κ3) is 4.18. The van der Waals surface area contributed by atoms with Gasteiger partial charge in [0.2, 0.25) is 0 Å². The van der Waals surface area contributed by atoms with E-state index in [1.807, 2.05) is 6.20 Å². The Morgan fingerprint density at radius 1 is 1.06 bits per heavy atom. The van der Waals surface area contributed by atoms with Crippen molar-refractivity contribution >= 4 is 28.2 Å². The summed E-state index contributed by atoms with van der Waals surface area (Å²) in [7, 11) is 0. The number of fused-ring (bicyclic) bond motifs is 1. The van der Waals surface area contributed by atoms with Gasteiger partial charge in [-0.25, -0.2) is 23.7 Å². The maximum Gasteiger partial charge on any atom is 0.162 e. The van der Waals surface area contributed by atoms with E-state index >= 15 is 0 Å².